The SMILES string of the molecule is CNC(C)Cc1noc(-c2cc(S(=O)(=O)N3CCCCC3)ccc2C)n1.Cl. The number of hydrogen-bond acceptors (Lipinski definition) is 6. The van der Waals surface area contributed by atoms with Gasteiger partial charge < -0.3 is 9.84 Å². The Bertz CT molecular complexity index is 863. The summed E-state index contributed by atoms with van der Waals surface area (Å²) in [5, 5.41) is 7.15. The molecule has 1 unspecified atom stereocenters. The Hall–Kier alpha value is -1.48. The van der Waals surface area contributed by atoms with E-state index in [-0.39, 0.29) is 23.3 Å². The van der Waals surface area contributed by atoms with Crippen molar-refractivity contribution in [3.63, 3.8) is 0 Å². The van der Waals surface area contributed by atoms with Crippen molar-refractivity contribution >= 4 is 22.4 Å². The first-order chi connectivity index (χ1) is 12.4. The van der Waals surface area contributed by atoms with Crippen molar-refractivity contribution in [1.29, 1.82) is 0 Å². The van der Waals surface area contributed by atoms with Crippen molar-refractivity contribution in [1.82, 2.24) is 19.8 Å². The van der Waals surface area contributed by atoms with Crippen molar-refractivity contribution in [3.8, 4) is 11.5 Å². The van der Waals surface area contributed by atoms with Crippen LogP contribution in [-0.4, -0.2) is 49.0 Å². The number of aryl methyl sites for hydroxylation is 1. The monoisotopic (exact) mass is 414 g/mol. The molecule has 7 nitrogen and oxygen atoms in total. The third-order valence-corrected chi connectivity index (χ3v) is 6.74. The molecular weight excluding hydrogens is 388 g/mol. The van der Waals surface area contributed by atoms with E-state index < -0.39 is 10.0 Å². The summed E-state index contributed by atoms with van der Waals surface area (Å²) >= 11 is 0. The molecule has 0 saturated carbocycles. The van der Waals surface area contributed by atoms with E-state index in [0.29, 0.717) is 36.8 Å². The molecule has 9 heteroatoms. The maximum absolute atomic E-state index is 12.9. The summed E-state index contributed by atoms with van der Waals surface area (Å²) in [5.74, 6) is 0.960. The van der Waals surface area contributed by atoms with Gasteiger partial charge in [0, 0.05) is 31.1 Å². The number of piperidine rings is 1. The molecule has 150 valence electrons. The van der Waals surface area contributed by atoms with Crippen LogP contribution in [0.25, 0.3) is 11.5 Å². The zero-order chi connectivity index (χ0) is 18.7. The molecule has 0 spiro atoms. The number of halogens is 1. The number of aromatic nitrogens is 2. The first-order valence-electron chi connectivity index (χ1n) is 9.03. The second kappa shape index (κ2) is 9.14. The lowest BCUT2D eigenvalue weighted by Gasteiger charge is -2.26. The summed E-state index contributed by atoms with van der Waals surface area (Å²) in [6, 6.07) is 5.33. The van der Waals surface area contributed by atoms with Gasteiger partial charge in [-0.15, -0.1) is 12.4 Å². The molecule has 1 aliphatic rings. The van der Waals surface area contributed by atoms with Gasteiger partial charge >= 0.3 is 0 Å². The van der Waals surface area contributed by atoms with Gasteiger partial charge in [-0.1, -0.05) is 17.6 Å². The molecule has 1 aromatic carbocycles. The van der Waals surface area contributed by atoms with Gasteiger partial charge in [0.25, 0.3) is 5.89 Å². The average molecular weight is 415 g/mol. The number of hydrogen-bond donors (Lipinski definition) is 1. The molecule has 3 rings (SSSR count). The van der Waals surface area contributed by atoms with Crippen LogP contribution >= 0.6 is 12.4 Å². The second-order valence-electron chi connectivity index (χ2n) is 6.85. The Morgan fingerprint density at radius 3 is 2.63 bits per heavy atom. The number of nitrogens with zero attached hydrogens (tertiary/aromatic N) is 3. The minimum absolute atomic E-state index is 0. The van der Waals surface area contributed by atoms with Crippen molar-refractivity contribution < 1.29 is 12.9 Å². The van der Waals surface area contributed by atoms with Crippen molar-refractivity contribution in [2.45, 2.75) is 50.5 Å². The zero-order valence-corrected chi connectivity index (χ0v) is 17.6. The summed E-state index contributed by atoms with van der Waals surface area (Å²) in [6.45, 7) is 5.11. The highest BCUT2D eigenvalue weighted by molar-refractivity contribution is 7.89. The molecule has 1 N–H and O–H groups in total. The average Bonchev–Trinajstić information content (AvgIpc) is 3.10. The van der Waals surface area contributed by atoms with Crippen molar-refractivity contribution in [2.24, 2.45) is 0 Å². The summed E-state index contributed by atoms with van der Waals surface area (Å²) in [4.78, 5) is 4.72. The van der Waals surface area contributed by atoms with E-state index >= 15 is 0 Å². The Balaban J connectivity index is 0.00000261. The molecule has 27 heavy (non-hydrogen) atoms. The summed E-state index contributed by atoms with van der Waals surface area (Å²) < 4.78 is 32.8. The Morgan fingerprint density at radius 1 is 1.26 bits per heavy atom. The molecule has 0 aliphatic carbocycles. The first kappa shape index (κ1) is 21.8. The maximum atomic E-state index is 12.9. The summed E-state index contributed by atoms with van der Waals surface area (Å²) in [7, 11) is -1.61. The van der Waals surface area contributed by atoms with Crippen LogP contribution in [0.4, 0.5) is 0 Å². The number of rotatable bonds is 6. The number of sulfonamides is 1. The molecule has 2 heterocycles. The number of likely N-dealkylation sites (N-methyl/N-ethyl adjacent to an activating group) is 1. The molecule has 2 aromatic rings. The molecule has 1 fully saturated rings. The minimum Gasteiger partial charge on any atom is -0.334 e. The van der Waals surface area contributed by atoms with E-state index in [2.05, 4.69) is 15.5 Å². The van der Waals surface area contributed by atoms with Gasteiger partial charge in [0.05, 0.1) is 4.90 Å². The van der Waals surface area contributed by atoms with E-state index in [0.717, 1.165) is 24.8 Å². The molecule has 1 atom stereocenters. The predicted molar refractivity (Wildman–Crippen MR) is 107 cm³/mol. The molecule has 0 amide bonds. The van der Waals surface area contributed by atoms with Crippen LogP contribution < -0.4 is 5.32 Å². The zero-order valence-electron chi connectivity index (χ0n) is 15.9. The van der Waals surface area contributed by atoms with Crippen LogP contribution in [0.5, 0.6) is 0 Å². The van der Waals surface area contributed by atoms with Crippen molar-refractivity contribution in [2.75, 3.05) is 20.1 Å². The largest absolute Gasteiger partial charge is 0.334 e. The summed E-state index contributed by atoms with van der Waals surface area (Å²) in [6.07, 6.45) is 3.55. The fourth-order valence-corrected chi connectivity index (χ4v) is 4.61. The van der Waals surface area contributed by atoms with Crippen LogP contribution in [0, 0.1) is 6.92 Å². The van der Waals surface area contributed by atoms with Gasteiger partial charge in [0.1, 0.15) is 0 Å². The van der Waals surface area contributed by atoms with Crippen molar-refractivity contribution in [3.05, 3.63) is 29.6 Å². The number of benzene rings is 1. The van der Waals surface area contributed by atoms with E-state index in [1.165, 1.54) is 0 Å². The third-order valence-electron chi connectivity index (χ3n) is 4.84. The van der Waals surface area contributed by atoms with Gasteiger partial charge in [0.15, 0.2) is 5.82 Å². The second-order valence-corrected chi connectivity index (χ2v) is 8.79. The molecule has 1 aliphatic heterocycles. The fourth-order valence-electron chi connectivity index (χ4n) is 3.07. The Morgan fingerprint density at radius 2 is 1.96 bits per heavy atom. The lowest BCUT2D eigenvalue weighted by molar-refractivity contribution is 0.346. The van der Waals surface area contributed by atoms with Gasteiger partial charge in [0.2, 0.25) is 10.0 Å². The van der Waals surface area contributed by atoms with E-state index in [1.54, 1.807) is 22.5 Å². The Labute approximate surface area is 167 Å². The lowest BCUT2D eigenvalue weighted by atomic mass is 10.1. The maximum Gasteiger partial charge on any atom is 0.258 e. The minimum atomic E-state index is -3.49. The first-order valence-corrected chi connectivity index (χ1v) is 10.5. The standard InChI is InChI=1S/C18H26N4O3S.ClH/c1-13-7-8-15(26(23,24)22-9-5-4-6-10-22)12-16(13)18-20-17(21-25-18)11-14(2)19-3;/h7-8,12,14,19H,4-6,9-11H2,1-3H3;1H. The van der Waals surface area contributed by atoms with Gasteiger partial charge in [-0.05, 0) is 51.4 Å². The highest BCUT2D eigenvalue weighted by Gasteiger charge is 2.27. The van der Waals surface area contributed by atoms with Gasteiger partial charge in [-0.3, -0.25) is 0 Å². The molecular formula is C18H27ClN4O3S. The smallest absolute Gasteiger partial charge is 0.258 e. The van der Waals surface area contributed by atoms with Crippen LogP contribution in [0.2, 0.25) is 0 Å². The van der Waals surface area contributed by atoms with Crippen LogP contribution in [-0.2, 0) is 16.4 Å². The quantitative estimate of drug-likeness (QED) is 0.781. The van der Waals surface area contributed by atoms with Crippen LogP contribution in [0.1, 0.15) is 37.6 Å². The highest BCUT2D eigenvalue weighted by Crippen LogP contribution is 2.28. The van der Waals surface area contributed by atoms with Gasteiger partial charge in [-0.25, -0.2) is 8.42 Å². The van der Waals surface area contributed by atoms with E-state index in [1.807, 2.05) is 20.9 Å². The van der Waals surface area contributed by atoms with Crippen LogP contribution in [0.15, 0.2) is 27.6 Å². The normalized spacial score (nSPS) is 16.7. The topological polar surface area (TPSA) is 88.3 Å². The third kappa shape index (κ3) is 4.87. The Kier molecular flexibility index (Phi) is 7.39. The molecule has 1 saturated heterocycles. The molecule has 1 aromatic heterocycles. The summed E-state index contributed by atoms with van der Waals surface area (Å²) in [5.41, 5.74) is 1.57. The van der Waals surface area contributed by atoms with Crippen LogP contribution in [0.3, 0.4) is 0 Å². The molecule has 0 bridgehead atoms. The lowest BCUT2D eigenvalue weighted by Crippen LogP contribution is -2.35. The highest BCUT2D eigenvalue weighted by atomic mass is 35.5. The fraction of sp³-hybridized carbons (Fsp3) is 0.556. The number of nitrogens with one attached hydrogen (secondary N) is 1. The van der Waals surface area contributed by atoms with Gasteiger partial charge in [-0.2, -0.15) is 9.29 Å². The van der Waals surface area contributed by atoms with E-state index in [4.69, 9.17) is 4.52 Å². The molecule has 0 radical (unpaired) electrons. The van der Waals surface area contributed by atoms with E-state index in [9.17, 15) is 8.42 Å². The predicted octanol–water partition coefficient (Wildman–Crippen LogP) is 2.79.